The third kappa shape index (κ3) is 4.76. The van der Waals surface area contributed by atoms with E-state index >= 15 is 0 Å². The summed E-state index contributed by atoms with van der Waals surface area (Å²) in [5, 5.41) is 2.96. The quantitative estimate of drug-likeness (QED) is 0.804. The number of hydrogen-bond acceptors (Lipinski definition) is 3. The summed E-state index contributed by atoms with van der Waals surface area (Å²) in [5.74, 6) is -0.634. The van der Waals surface area contributed by atoms with E-state index in [0.717, 1.165) is 5.56 Å². The van der Waals surface area contributed by atoms with Gasteiger partial charge < -0.3 is 15.1 Å². The molecule has 2 aromatic carbocycles. The third-order valence-corrected chi connectivity index (χ3v) is 6.10. The molecule has 2 aliphatic heterocycles. The number of rotatable bonds is 5. The molecule has 6 nitrogen and oxygen atoms in total. The molecule has 2 aromatic rings. The normalized spacial score (nSPS) is 19.5. The van der Waals surface area contributed by atoms with Gasteiger partial charge in [-0.05, 0) is 49.1 Å². The number of nitrogens with one attached hydrogen (secondary N) is 1. The minimum Gasteiger partial charge on any atom is -0.350 e. The standard InChI is InChI=1S/C24H26FN3O3/c25-19-8-6-18(7-9-19)24(31)27-14-12-20(13-15-27)28-21(10-11-22(28)29)23(30)26-16-17-4-2-1-3-5-17/h1-9,20-21H,10-16H2,(H,26,30). The van der Waals surface area contributed by atoms with Crippen molar-refractivity contribution in [1.82, 2.24) is 15.1 Å². The van der Waals surface area contributed by atoms with Gasteiger partial charge in [0.05, 0.1) is 0 Å². The van der Waals surface area contributed by atoms with Crippen LogP contribution in [0, 0.1) is 5.82 Å². The molecule has 2 fully saturated rings. The molecule has 31 heavy (non-hydrogen) atoms. The van der Waals surface area contributed by atoms with E-state index in [1.165, 1.54) is 24.3 Å². The van der Waals surface area contributed by atoms with Crippen molar-refractivity contribution in [2.45, 2.75) is 44.3 Å². The Morgan fingerprint density at radius 1 is 0.968 bits per heavy atom. The molecule has 162 valence electrons. The summed E-state index contributed by atoms with van der Waals surface area (Å²) in [4.78, 5) is 41.5. The second-order valence-electron chi connectivity index (χ2n) is 8.09. The van der Waals surface area contributed by atoms with Crippen molar-refractivity contribution in [3.63, 3.8) is 0 Å². The highest BCUT2D eigenvalue weighted by molar-refractivity contribution is 5.94. The van der Waals surface area contributed by atoms with E-state index in [2.05, 4.69) is 5.32 Å². The number of carbonyl (C=O) groups excluding carboxylic acids is 3. The zero-order chi connectivity index (χ0) is 21.8. The van der Waals surface area contributed by atoms with Gasteiger partial charge in [-0.1, -0.05) is 30.3 Å². The summed E-state index contributed by atoms with van der Waals surface area (Å²) in [5.41, 5.74) is 1.47. The van der Waals surface area contributed by atoms with Crippen molar-refractivity contribution >= 4 is 17.7 Å². The van der Waals surface area contributed by atoms with Gasteiger partial charge in [-0.15, -0.1) is 0 Å². The smallest absolute Gasteiger partial charge is 0.253 e. The summed E-state index contributed by atoms with van der Waals surface area (Å²) in [6.45, 7) is 1.44. The Labute approximate surface area is 181 Å². The lowest BCUT2D eigenvalue weighted by molar-refractivity contribution is -0.138. The molecule has 2 heterocycles. The van der Waals surface area contributed by atoms with Gasteiger partial charge >= 0.3 is 0 Å². The number of nitrogens with zero attached hydrogens (tertiary/aromatic N) is 2. The largest absolute Gasteiger partial charge is 0.350 e. The monoisotopic (exact) mass is 423 g/mol. The zero-order valence-electron chi connectivity index (χ0n) is 17.3. The molecule has 1 atom stereocenters. The highest BCUT2D eigenvalue weighted by Gasteiger charge is 2.41. The van der Waals surface area contributed by atoms with Crippen LogP contribution in [0.5, 0.6) is 0 Å². The lowest BCUT2D eigenvalue weighted by Crippen LogP contribution is -2.53. The molecule has 2 aliphatic rings. The second-order valence-corrected chi connectivity index (χ2v) is 8.09. The lowest BCUT2D eigenvalue weighted by Gasteiger charge is -2.39. The maximum atomic E-state index is 13.1. The number of carbonyl (C=O) groups is 3. The number of amides is 3. The fourth-order valence-corrected chi connectivity index (χ4v) is 4.44. The van der Waals surface area contributed by atoms with Crippen LogP contribution in [0.2, 0.25) is 0 Å². The molecule has 3 amide bonds. The Bertz CT molecular complexity index is 940. The highest BCUT2D eigenvalue weighted by atomic mass is 19.1. The zero-order valence-corrected chi connectivity index (χ0v) is 17.3. The van der Waals surface area contributed by atoms with Crippen LogP contribution in [0.3, 0.4) is 0 Å². The molecule has 1 N–H and O–H groups in total. The molecule has 0 aromatic heterocycles. The number of halogens is 1. The molecule has 0 aliphatic carbocycles. The Morgan fingerprint density at radius 3 is 2.32 bits per heavy atom. The first kappa shape index (κ1) is 21.0. The van der Waals surface area contributed by atoms with Crippen molar-refractivity contribution in [3.05, 3.63) is 71.5 Å². The van der Waals surface area contributed by atoms with Crippen LogP contribution in [0.4, 0.5) is 4.39 Å². The van der Waals surface area contributed by atoms with Crippen LogP contribution >= 0.6 is 0 Å². The van der Waals surface area contributed by atoms with Gasteiger partial charge in [-0.2, -0.15) is 0 Å². The number of hydrogen-bond donors (Lipinski definition) is 1. The van der Waals surface area contributed by atoms with Gasteiger partial charge in [0.2, 0.25) is 11.8 Å². The number of likely N-dealkylation sites (tertiary alicyclic amines) is 2. The summed E-state index contributed by atoms with van der Waals surface area (Å²) in [7, 11) is 0. The van der Waals surface area contributed by atoms with E-state index in [1.807, 2.05) is 30.3 Å². The van der Waals surface area contributed by atoms with Crippen molar-refractivity contribution < 1.29 is 18.8 Å². The number of piperidine rings is 1. The molecule has 0 bridgehead atoms. The van der Waals surface area contributed by atoms with E-state index in [4.69, 9.17) is 0 Å². The van der Waals surface area contributed by atoms with Gasteiger partial charge in [0.1, 0.15) is 11.9 Å². The van der Waals surface area contributed by atoms with Crippen LogP contribution < -0.4 is 5.32 Å². The maximum absolute atomic E-state index is 13.1. The summed E-state index contributed by atoms with van der Waals surface area (Å²) in [6.07, 6.45) is 2.15. The molecule has 0 radical (unpaired) electrons. The lowest BCUT2D eigenvalue weighted by atomic mass is 10.0. The van der Waals surface area contributed by atoms with E-state index in [0.29, 0.717) is 50.9 Å². The Balaban J connectivity index is 1.35. The van der Waals surface area contributed by atoms with Crippen LogP contribution in [-0.4, -0.2) is 52.7 Å². The fourth-order valence-electron chi connectivity index (χ4n) is 4.44. The number of benzene rings is 2. The first-order valence-corrected chi connectivity index (χ1v) is 10.7. The van der Waals surface area contributed by atoms with E-state index < -0.39 is 6.04 Å². The minimum absolute atomic E-state index is 0.00294. The highest BCUT2D eigenvalue weighted by Crippen LogP contribution is 2.28. The van der Waals surface area contributed by atoms with E-state index in [-0.39, 0.29) is 29.6 Å². The first-order valence-electron chi connectivity index (χ1n) is 10.7. The topological polar surface area (TPSA) is 69.7 Å². The van der Waals surface area contributed by atoms with Gasteiger partial charge in [-0.25, -0.2) is 4.39 Å². The Kier molecular flexibility index (Phi) is 6.30. The second kappa shape index (κ2) is 9.29. The Morgan fingerprint density at radius 2 is 1.65 bits per heavy atom. The average molecular weight is 423 g/mol. The fraction of sp³-hybridized carbons (Fsp3) is 0.375. The molecule has 4 rings (SSSR count). The van der Waals surface area contributed by atoms with E-state index in [1.54, 1.807) is 9.80 Å². The van der Waals surface area contributed by atoms with Crippen molar-refractivity contribution in [2.24, 2.45) is 0 Å². The molecular weight excluding hydrogens is 397 g/mol. The van der Waals surface area contributed by atoms with E-state index in [9.17, 15) is 18.8 Å². The van der Waals surface area contributed by atoms with Crippen molar-refractivity contribution in [3.8, 4) is 0 Å². The molecule has 1 unspecified atom stereocenters. The van der Waals surface area contributed by atoms with Gasteiger partial charge in [0.15, 0.2) is 0 Å². The van der Waals surface area contributed by atoms with Gasteiger partial charge in [-0.3, -0.25) is 14.4 Å². The van der Waals surface area contributed by atoms with Crippen molar-refractivity contribution in [1.29, 1.82) is 0 Å². The molecule has 2 saturated heterocycles. The predicted octanol–water partition coefficient (Wildman–Crippen LogP) is 2.74. The summed E-state index contributed by atoms with van der Waals surface area (Å²) < 4.78 is 13.1. The predicted molar refractivity (Wildman–Crippen MR) is 113 cm³/mol. The van der Waals surface area contributed by atoms with Crippen LogP contribution in [0.25, 0.3) is 0 Å². The van der Waals surface area contributed by atoms with Crippen LogP contribution in [-0.2, 0) is 16.1 Å². The maximum Gasteiger partial charge on any atom is 0.253 e. The minimum atomic E-state index is -0.458. The molecule has 0 spiro atoms. The molecular formula is C24H26FN3O3. The third-order valence-electron chi connectivity index (χ3n) is 6.10. The van der Waals surface area contributed by atoms with Gasteiger partial charge in [0.25, 0.3) is 5.91 Å². The van der Waals surface area contributed by atoms with Crippen LogP contribution in [0.1, 0.15) is 41.6 Å². The van der Waals surface area contributed by atoms with Crippen molar-refractivity contribution in [2.75, 3.05) is 13.1 Å². The SMILES string of the molecule is O=C(NCc1ccccc1)C1CCC(=O)N1C1CCN(C(=O)c2ccc(F)cc2)CC1. The Hall–Kier alpha value is -3.22. The molecule has 7 heteroatoms. The first-order chi connectivity index (χ1) is 15.0. The molecule has 0 saturated carbocycles. The average Bonchev–Trinajstić information content (AvgIpc) is 3.20. The van der Waals surface area contributed by atoms with Crippen LogP contribution in [0.15, 0.2) is 54.6 Å². The van der Waals surface area contributed by atoms with Gasteiger partial charge in [0, 0.05) is 37.7 Å². The summed E-state index contributed by atoms with van der Waals surface area (Å²) in [6, 6.07) is 14.7. The summed E-state index contributed by atoms with van der Waals surface area (Å²) >= 11 is 0.